The normalized spacial score (nSPS) is 24.3. The van der Waals surface area contributed by atoms with Gasteiger partial charge >= 0.3 is 0 Å². The van der Waals surface area contributed by atoms with Gasteiger partial charge in [0.1, 0.15) is 5.82 Å². The number of benzene rings is 1. The van der Waals surface area contributed by atoms with E-state index in [0.29, 0.717) is 6.04 Å². The van der Waals surface area contributed by atoms with E-state index in [9.17, 15) is 4.39 Å². The minimum Gasteiger partial charge on any atom is -0.314 e. The zero-order valence-electron chi connectivity index (χ0n) is 9.91. The van der Waals surface area contributed by atoms with Crippen molar-refractivity contribution in [1.29, 1.82) is 0 Å². The van der Waals surface area contributed by atoms with E-state index in [4.69, 9.17) is 0 Å². The van der Waals surface area contributed by atoms with Gasteiger partial charge in [-0.15, -0.1) is 0 Å². The minimum absolute atomic E-state index is 0.146. The second kappa shape index (κ2) is 4.93. The zero-order valence-corrected chi connectivity index (χ0v) is 9.91. The van der Waals surface area contributed by atoms with Crippen molar-refractivity contribution in [2.75, 3.05) is 19.6 Å². The Hall–Kier alpha value is -0.930. The van der Waals surface area contributed by atoms with Crippen LogP contribution < -0.4 is 5.32 Å². The maximum Gasteiger partial charge on any atom is 0.123 e. The van der Waals surface area contributed by atoms with Crippen molar-refractivity contribution in [3.8, 4) is 0 Å². The van der Waals surface area contributed by atoms with Crippen LogP contribution >= 0.6 is 0 Å². The van der Waals surface area contributed by atoms with Gasteiger partial charge in [0.25, 0.3) is 0 Å². The van der Waals surface area contributed by atoms with Crippen molar-refractivity contribution >= 4 is 0 Å². The first-order chi connectivity index (χ1) is 7.68. The van der Waals surface area contributed by atoms with Gasteiger partial charge in [-0.2, -0.15) is 0 Å². The fraction of sp³-hybridized carbons (Fsp3) is 0.538. The van der Waals surface area contributed by atoms with Gasteiger partial charge in [-0.1, -0.05) is 12.1 Å². The molecule has 2 nitrogen and oxygen atoms in total. The average Bonchev–Trinajstić information content (AvgIpc) is 2.29. The number of rotatable bonds is 2. The molecule has 1 aliphatic rings. The van der Waals surface area contributed by atoms with Crippen LogP contribution in [0.1, 0.15) is 25.5 Å². The van der Waals surface area contributed by atoms with E-state index < -0.39 is 0 Å². The van der Waals surface area contributed by atoms with Crippen LogP contribution in [0.3, 0.4) is 0 Å². The summed E-state index contributed by atoms with van der Waals surface area (Å²) in [4.78, 5) is 2.42. The fourth-order valence-corrected chi connectivity index (χ4v) is 2.39. The van der Waals surface area contributed by atoms with Crippen molar-refractivity contribution in [2.45, 2.75) is 25.9 Å². The highest BCUT2D eigenvalue weighted by atomic mass is 19.1. The van der Waals surface area contributed by atoms with Crippen molar-refractivity contribution < 1.29 is 4.39 Å². The number of halogens is 1. The predicted octanol–water partition coefficient (Wildman–Crippen LogP) is 2.18. The maximum absolute atomic E-state index is 13.2. The van der Waals surface area contributed by atoms with Crippen molar-refractivity contribution in [3.63, 3.8) is 0 Å². The Morgan fingerprint density at radius 3 is 3.00 bits per heavy atom. The molecule has 0 aromatic heterocycles. The Kier molecular flexibility index (Phi) is 3.56. The molecule has 1 aromatic carbocycles. The molecule has 88 valence electrons. The monoisotopic (exact) mass is 222 g/mol. The summed E-state index contributed by atoms with van der Waals surface area (Å²) in [6.45, 7) is 7.42. The highest BCUT2D eigenvalue weighted by Gasteiger charge is 2.23. The maximum atomic E-state index is 13.2. The second-order valence-electron chi connectivity index (χ2n) is 4.52. The third-order valence-corrected chi connectivity index (χ3v) is 3.38. The van der Waals surface area contributed by atoms with E-state index in [1.54, 1.807) is 12.1 Å². The van der Waals surface area contributed by atoms with E-state index in [1.165, 1.54) is 6.07 Å². The summed E-state index contributed by atoms with van der Waals surface area (Å²) in [6, 6.07) is 7.72. The van der Waals surface area contributed by atoms with Gasteiger partial charge in [0, 0.05) is 31.7 Å². The van der Waals surface area contributed by atoms with Crippen LogP contribution in [0, 0.1) is 5.82 Å². The SMILES string of the molecule is CC1CNCCN1C(C)c1cccc(F)c1. The molecule has 1 fully saturated rings. The van der Waals surface area contributed by atoms with E-state index in [0.717, 1.165) is 25.2 Å². The molecule has 1 saturated heterocycles. The molecule has 2 atom stereocenters. The standard InChI is InChI=1S/C13H19FN2/c1-10-9-15-6-7-16(10)11(2)12-4-3-5-13(14)8-12/h3-5,8,10-11,15H,6-7,9H2,1-2H3. The zero-order chi connectivity index (χ0) is 11.5. The van der Waals surface area contributed by atoms with Gasteiger partial charge in [0.15, 0.2) is 0 Å². The van der Waals surface area contributed by atoms with Crippen LogP contribution in [0.2, 0.25) is 0 Å². The molecule has 0 amide bonds. The van der Waals surface area contributed by atoms with Crippen LogP contribution in [-0.4, -0.2) is 30.6 Å². The lowest BCUT2D eigenvalue weighted by molar-refractivity contribution is 0.126. The molecular weight excluding hydrogens is 203 g/mol. The molecule has 3 heteroatoms. The third-order valence-electron chi connectivity index (χ3n) is 3.38. The van der Waals surface area contributed by atoms with Crippen LogP contribution in [0.4, 0.5) is 4.39 Å². The molecule has 2 rings (SSSR count). The molecule has 0 saturated carbocycles. The predicted molar refractivity (Wildman–Crippen MR) is 63.9 cm³/mol. The van der Waals surface area contributed by atoms with Crippen LogP contribution in [0.25, 0.3) is 0 Å². The lowest BCUT2D eigenvalue weighted by Gasteiger charge is -2.38. The summed E-state index contributed by atoms with van der Waals surface area (Å²) in [6.07, 6.45) is 0. The molecule has 0 spiro atoms. The van der Waals surface area contributed by atoms with E-state index in [1.807, 2.05) is 6.07 Å². The first-order valence-corrected chi connectivity index (χ1v) is 5.90. The summed E-state index contributed by atoms with van der Waals surface area (Å²) in [5.74, 6) is -0.146. The topological polar surface area (TPSA) is 15.3 Å². The molecule has 0 bridgehead atoms. The van der Waals surface area contributed by atoms with Gasteiger partial charge in [-0.25, -0.2) is 4.39 Å². The smallest absolute Gasteiger partial charge is 0.123 e. The lowest BCUT2D eigenvalue weighted by atomic mass is 10.0. The Labute approximate surface area is 96.5 Å². The van der Waals surface area contributed by atoms with Crippen LogP contribution in [0.5, 0.6) is 0 Å². The molecule has 1 aromatic rings. The van der Waals surface area contributed by atoms with E-state index in [-0.39, 0.29) is 11.9 Å². The van der Waals surface area contributed by atoms with Crippen LogP contribution in [-0.2, 0) is 0 Å². The molecular formula is C13H19FN2. The molecule has 0 aliphatic carbocycles. The number of hydrogen-bond donors (Lipinski definition) is 1. The fourth-order valence-electron chi connectivity index (χ4n) is 2.39. The summed E-state index contributed by atoms with van der Waals surface area (Å²) >= 11 is 0. The van der Waals surface area contributed by atoms with E-state index in [2.05, 4.69) is 24.1 Å². The first-order valence-electron chi connectivity index (χ1n) is 5.90. The number of nitrogens with one attached hydrogen (secondary N) is 1. The molecule has 1 N–H and O–H groups in total. The van der Waals surface area contributed by atoms with Gasteiger partial charge < -0.3 is 5.32 Å². The van der Waals surface area contributed by atoms with E-state index >= 15 is 0 Å². The summed E-state index contributed by atoms with van der Waals surface area (Å²) < 4.78 is 13.2. The summed E-state index contributed by atoms with van der Waals surface area (Å²) in [7, 11) is 0. The number of piperazine rings is 1. The summed E-state index contributed by atoms with van der Waals surface area (Å²) in [5.41, 5.74) is 1.06. The molecule has 1 heterocycles. The quantitative estimate of drug-likeness (QED) is 0.825. The van der Waals surface area contributed by atoms with Crippen molar-refractivity contribution in [2.24, 2.45) is 0 Å². The highest BCUT2D eigenvalue weighted by Crippen LogP contribution is 2.23. The number of hydrogen-bond acceptors (Lipinski definition) is 2. The summed E-state index contributed by atoms with van der Waals surface area (Å²) in [5, 5.41) is 3.37. The Balaban J connectivity index is 2.14. The van der Waals surface area contributed by atoms with Crippen LogP contribution in [0.15, 0.2) is 24.3 Å². The van der Waals surface area contributed by atoms with Gasteiger partial charge in [-0.3, -0.25) is 4.90 Å². The van der Waals surface area contributed by atoms with Gasteiger partial charge in [0.05, 0.1) is 0 Å². The highest BCUT2D eigenvalue weighted by molar-refractivity contribution is 5.20. The largest absolute Gasteiger partial charge is 0.314 e. The molecule has 1 aliphatic heterocycles. The van der Waals surface area contributed by atoms with Gasteiger partial charge in [0.2, 0.25) is 0 Å². The minimum atomic E-state index is -0.146. The van der Waals surface area contributed by atoms with Crippen molar-refractivity contribution in [3.05, 3.63) is 35.6 Å². The number of nitrogens with zero attached hydrogens (tertiary/aromatic N) is 1. The Morgan fingerprint density at radius 1 is 1.50 bits per heavy atom. The Morgan fingerprint density at radius 2 is 2.31 bits per heavy atom. The second-order valence-corrected chi connectivity index (χ2v) is 4.52. The van der Waals surface area contributed by atoms with Gasteiger partial charge in [-0.05, 0) is 31.5 Å². The first kappa shape index (κ1) is 11.6. The third kappa shape index (κ3) is 2.42. The molecule has 16 heavy (non-hydrogen) atoms. The average molecular weight is 222 g/mol. The molecule has 0 radical (unpaired) electrons. The van der Waals surface area contributed by atoms with Crippen molar-refractivity contribution in [1.82, 2.24) is 10.2 Å². The lowest BCUT2D eigenvalue weighted by Crippen LogP contribution is -2.50. The molecule has 2 unspecified atom stereocenters. The Bertz CT molecular complexity index is 354.